The summed E-state index contributed by atoms with van der Waals surface area (Å²) >= 11 is 0. The van der Waals surface area contributed by atoms with Gasteiger partial charge in [0.25, 0.3) is 5.91 Å². The van der Waals surface area contributed by atoms with Crippen molar-refractivity contribution in [2.45, 2.75) is 20.3 Å². The summed E-state index contributed by atoms with van der Waals surface area (Å²) in [6.45, 7) is 4.15. The summed E-state index contributed by atoms with van der Waals surface area (Å²) < 4.78 is 0. The Bertz CT molecular complexity index is 369. The maximum atomic E-state index is 11.5. The Morgan fingerprint density at radius 2 is 2.06 bits per heavy atom. The molecule has 0 spiro atoms. The highest BCUT2D eigenvalue weighted by Gasteiger charge is 2.02. The third-order valence-electron chi connectivity index (χ3n) is 1.96. The number of phenolic OH excluding ortho intramolecular Hbond substituents is 1. The van der Waals surface area contributed by atoms with Gasteiger partial charge in [-0.25, -0.2) is 5.43 Å². The first-order chi connectivity index (χ1) is 7.59. The SMILES string of the molecule is CC(C)C/C=N/NC(=O)c1ccc(O)cc1. The Kier molecular flexibility index (Phi) is 4.51. The molecule has 0 aromatic heterocycles. The lowest BCUT2D eigenvalue weighted by Gasteiger charge is -2.00. The van der Waals surface area contributed by atoms with Crippen LogP contribution < -0.4 is 5.43 Å². The first kappa shape index (κ1) is 12.2. The molecule has 0 heterocycles. The van der Waals surface area contributed by atoms with Crippen molar-refractivity contribution >= 4 is 12.1 Å². The van der Waals surface area contributed by atoms with Crippen LogP contribution in [0.15, 0.2) is 29.4 Å². The van der Waals surface area contributed by atoms with Gasteiger partial charge < -0.3 is 5.11 Å². The number of nitrogens with zero attached hydrogens (tertiary/aromatic N) is 1. The largest absolute Gasteiger partial charge is 0.508 e. The summed E-state index contributed by atoms with van der Waals surface area (Å²) in [7, 11) is 0. The number of amides is 1. The smallest absolute Gasteiger partial charge is 0.271 e. The van der Waals surface area contributed by atoms with Crippen molar-refractivity contribution < 1.29 is 9.90 Å². The van der Waals surface area contributed by atoms with Crippen LogP contribution >= 0.6 is 0 Å². The highest BCUT2D eigenvalue weighted by Crippen LogP contribution is 2.09. The first-order valence-electron chi connectivity index (χ1n) is 5.20. The van der Waals surface area contributed by atoms with E-state index in [-0.39, 0.29) is 11.7 Å². The van der Waals surface area contributed by atoms with Crippen LogP contribution in [-0.2, 0) is 0 Å². The molecule has 0 saturated heterocycles. The summed E-state index contributed by atoms with van der Waals surface area (Å²) in [5.74, 6) is 0.384. The number of hydrazone groups is 1. The summed E-state index contributed by atoms with van der Waals surface area (Å²) in [5, 5.41) is 12.9. The van der Waals surface area contributed by atoms with Crippen molar-refractivity contribution in [3.63, 3.8) is 0 Å². The average molecular weight is 220 g/mol. The second kappa shape index (κ2) is 5.90. The molecule has 1 rings (SSSR count). The minimum atomic E-state index is -0.278. The van der Waals surface area contributed by atoms with Crippen LogP contribution in [-0.4, -0.2) is 17.2 Å². The van der Waals surface area contributed by atoms with Crippen molar-refractivity contribution in [3.05, 3.63) is 29.8 Å². The molecule has 0 aliphatic rings. The van der Waals surface area contributed by atoms with Crippen molar-refractivity contribution in [1.29, 1.82) is 0 Å². The normalized spacial score (nSPS) is 10.9. The van der Waals surface area contributed by atoms with Gasteiger partial charge in [-0.2, -0.15) is 5.10 Å². The summed E-state index contributed by atoms with van der Waals surface area (Å²) in [4.78, 5) is 11.5. The second-order valence-electron chi connectivity index (χ2n) is 3.93. The van der Waals surface area contributed by atoms with E-state index in [9.17, 15) is 4.79 Å². The summed E-state index contributed by atoms with van der Waals surface area (Å²) in [6.07, 6.45) is 2.51. The van der Waals surface area contributed by atoms with Crippen molar-refractivity contribution in [1.82, 2.24) is 5.43 Å². The van der Waals surface area contributed by atoms with Crippen LogP contribution in [0.2, 0.25) is 0 Å². The Hall–Kier alpha value is -1.84. The number of nitrogens with one attached hydrogen (secondary N) is 1. The summed E-state index contributed by atoms with van der Waals surface area (Å²) in [6, 6.07) is 6.02. The van der Waals surface area contributed by atoms with Crippen LogP contribution in [0, 0.1) is 5.92 Å². The molecule has 0 atom stereocenters. The molecule has 0 saturated carbocycles. The van der Waals surface area contributed by atoms with Gasteiger partial charge >= 0.3 is 0 Å². The Morgan fingerprint density at radius 1 is 1.44 bits per heavy atom. The maximum Gasteiger partial charge on any atom is 0.271 e. The van der Waals surface area contributed by atoms with Crippen LogP contribution in [0.5, 0.6) is 5.75 Å². The minimum Gasteiger partial charge on any atom is -0.508 e. The number of hydrogen-bond acceptors (Lipinski definition) is 3. The number of hydrogen-bond donors (Lipinski definition) is 2. The number of phenols is 1. The molecule has 4 heteroatoms. The van der Waals surface area contributed by atoms with E-state index < -0.39 is 0 Å². The van der Waals surface area contributed by atoms with E-state index in [2.05, 4.69) is 24.4 Å². The topological polar surface area (TPSA) is 61.7 Å². The Labute approximate surface area is 95.0 Å². The van der Waals surface area contributed by atoms with E-state index >= 15 is 0 Å². The van der Waals surface area contributed by atoms with Gasteiger partial charge in [0.05, 0.1) is 0 Å². The molecule has 0 fully saturated rings. The van der Waals surface area contributed by atoms with Crippen LogP contribution in [0.4, 0.5) is 0 Å². The molecule has 0 aliphatic carbocycles. The van der Waals surface area contributed by atoms with Gasteiger partial charge in [-0.15, -0.1) is 0 Å². The van der Waals surface area contributed by atoms with Crippen molar-refractivity contribution in [2.75, 3.05) is 0 Å². The molecule has 0 radical (unpaired) electrons. The van der Waals surface area contributed by atoms with Gasteiger partial charge in [-0.1, -0.05) is 13.8 Å². The van der Waals surface area contributed by atoms with Crippen molar-refractivity contribution in [2.24, 2.45) is 11.0 Å². The zero-order valence-electron chi connectivity index (χ0n) is 9.47. The third-order valence-corrected chi connectivity index (χ3v) is 1.96. The predicted octanol–water partition coefficient (Wildman–Crippen LogP) is 2.15. The van der Waals surface area contributed by atoms with E-state index in [1.165, 1.54) is 12.1 Å². The lowest BCUT2D eigenvalue weighted by molar-refractivity contribution is 0.0955. The molecule has 1 amide bonds. The standard InChI is InChI=1S/C12H16N2O2/c1-9(2)7-8-13-14-12(16)10-3-5-11(15)6-4-10/h3-6,8-9,15H,7H2,1-2H3,(H,14,16)/b13-8+. The molecule has 86 valence electrons. The number of carbonyl (C=O) groups is 1. The molecule has 0 aliphatic heterocycles. The van der Waals surface area contributed by atoms with Gasteiger partial charge in [0, 0.05) is 11.8 Å². The molecule has 0 unspecified atom stereocenters. The fraction of sp³-hybridized carbons (Fsp3) is 0.333. The highest BCUT2D eigenvalue weighted by molar-refractivity contribution is 5.94. The third kappa shape index (κ3) is 4.13. The van der Waals surface area contributed by atoms with Crippen LogP contribution in [0.3, 0.4) is 0 Å². The van der Waals surface area contributed by atoms with E-state index in [1.54, 1.807) is 18.3 Å². The fourth-order valence-corrected chi connectivity index (χ4v) is 1.05. The van der Waals surface area contributed by atoms with Gasteiger partial charge in [-0.05, 0) is 36.6 Å². The lowest BCUT2D eigenvalue weighted by Crippen LogP contribution is -2.17. The Morgan fingerprint density at radius 3 is 2.62 bits per heavy atom. The van der Waals surface area contributed by atoms with Crippen LogP contribution in [0.25, 0.3) is 0 Å². The molecule has 4 nitrogen and oxygen atoms in total. The predicted molar refractivity (Wildman–Crippen MR) is 63.5 cm³/mol. The minimum absolute atomic E-state index is 0.139. The lowest BCUT2D eigenvalue weighted by atomic mass is 10.2. The molecular formula is C12H16N2O2. The number of benzene rings is 1. The van der Waals surface area contributed by atoms with Gasteiger partial charge in [0.2, 0.25) is 0 Å². The first-order valence-corrected chi connectivity index (χ1v) is 5.20. The monoisotopic (exact) mass is 220 g/mol. The van der Waals surface area contributed by atoms with Gasteiger partial charge in [0.1, 0.15) is 5.75 Å². The number of rotatable bonds is 4. The fourth-order valence-electron chi connectivity index (χ4n) is 1.05. The zero-order chi connectivity index (χ0) is 12.0. The molecule has 1 aromatic carbocycles. The molecule has 16 heavy (non-hydrogen) atoms. The van der Waals surface area contributed by atoms with E-state index in [4.69, 9.17) is 5.11 Å². The van der Waals surface area contributed by atoms with E-state index in [1.807, 2.05) is 0 Å². The molecule has 0 bridgehead atoms. The molecular weight excluding hydrogens is 204 g/mol. The quantitative estimate of drug-likeness (QED) is 0.603. The van der Waals surface area contributed by atoms with Gasteiger partial charge in [0.15, 0.2) is 0 Å². The van der Waals surface area contributed by atoms with E-state index in [0.29, 0.717) is 11.5 Å². The van der Waals surface area contributed by atoms with Crippen LogP contribution in [0.1, 0.15) is 30.6 Å². The van der Waals surface area contributed by atoms with Gasteiger partial charge in [-0.3, -0.25) is 4.79 Å². The number of carbonyl (C=O) groups excluding carboxylic acids is 1. The zero-order valence-corrected chi connectivity index (χ0v) is 9.47. The highest BCUT2D eigenvalue weighted by atomic mass is 16.3. The molecule has 2 N–H and O–H groups in total. The number of aromatic hydroxyl groups is 1. The average Bonchev–Trinajstić information content (AvgIpc) is 2.25. The maximum absolute atomic E-state index is 11.5. The second-order valence-corrected chi connectivity index (χ2v) is 3.93. The van der Waals surface area contributed by atoms with Crippen molar-refractivity contribution in [3.8, 4) is 5.75 Å². The Balaban J connectivity index is 2.47. The molecule has 1 aromatic rings. The summed E-state index contributed by atoms with van der Waals surface area (Å²) in [5.41, 5.74) is 2.89. The van der Waals surface area contributed by atoms with E-state index in [0.717, 1.165) is 6.42 Å².